The minimum atomic E-state index is 0.625. The van der Waals surface area contributed by atoms with Crippen LogP contribution in [0.15, 0.2) is 12.4 Å². The number of rotatable bonds is 20. The molecule has 1 N–H and O–H groups in total. The van der Waals surface area contributed by atoms with Crippen molar-refractivity contribution in [3.05, 3.63) is 18.2 Å². The molecule has 0 aliphatic heterocycles. The van der Waals surface area contributed by atoms with Crippen molar-refractivity contribution in [2.75, 3.05) is 0 Å². The number of nitrogens with one attached hydrogen (secondary N) is 1. The van der Waals surface area contributed by atoms with Gasteiger partial charge in [0, 0.05) is 0 Å². The zero-order valence-electron chi connectivity index (χ0n) is 20.5. The lowest BCUT2D eigenvalue weighted by Crippen LogP contribution is -2.41. The van der Waals surface area contributed by atoms with Crippen LogP contribution in [0.25, 0.3) is 0 Å². The van der Waals surface area contributed by atoms with Crippen molar-refractivity contribution in [1.29, 1.82) is 0 Å². The van der Waals surface area contributed by atoms with Crippen LogP contribution in [0, 0.1) is 0 Å². The molecule has 0 bridgehead atoms. The molecular weight excluding hydrogens is 352 g/mol. The van der Waals surface area contributed by atoms with Gasteiger partial charge in [-0.2, -0.15) is 0 Å². The van der Waals surface area contributed by atoms with Gasteiger partial charge in [-0.3, -0.25) is 0 Å². The number of nitrogens with zero attached hydrogens (tertiary/aromatic N) is 1. The van der Waals surface area contributed by atoms with Crippen LogP contribution >= 0.6 is 0 Å². The van der Waals surface area contributed by atoms with Crippen LogP contribution in [0.4, 0.5) is 0 Å². The Balaban J connectivity index is 2.34. The molecule has 0 amide bonds. The molecule has 2 heteroatoms. The fourth-order valence-electron chi connectivity index (χ4n) is 4.72. The van der Waals surface area contributed by atoms with E-state index in [0.29, 0.717) is 12.0 Å². The van der Waals surface area contributed by atoms with Gasteiger partial charge in [-0.15, -0.1) is 0 Å². The van der Waals surface area contributed by atoms with E-state index in [9.17, 15) is 0 Å². The van der Waals surface area contributed by atoms with Crippen LogP contribution in [0.1, 0.15) is 161 Å². The summed E-state index contributed by atoms with van der Waals surface area (Å²) in [5.74, 6) is 2.20. The van der Waals surface area contributed by atoms with Gasteiger partial charge < -0.3 is 0 Å². The Morgan fingerprint density at radius 1 is 0.655 bits per heavy atom. The van der Waals surface area contributed by atoms with Crippen molar-refractivity contribution in [2.24, 2.45) is 0 Å². The second kappa shape index (κ2) is 18.0. The summed E-state index contributed by atoms with van der Waals surface area (Å²) >= 11 is 0. The number of aromatic nitrogens is 2. The Labute approximate surface area is 183 Å². The Bertz CT molecular complexity index is 465. The van der Waals surface area contributed by atoms with Crippen molar-refractivity contribution in [3.63, 3.8) is 0 Å². The normalized spacial score (nSPS) is 13.7. The third-order valence-electron chi connectivity index (χ3n) is 6.62. The molecule has 0 saturated carbocycles. The van der Waals surface area contributed by atoms with Gasteiger partial charge in [0.05, 0.1) is 12.0 Å². The summed E-state index contributed by atoms with van der Waals surface area (Å²) in [5, 5.41) is 0. The van der Waals surface area contributed by atoms with Crippen LogP contribution in [0.3, 0.4) is 0 Å². The number of hydrogen-bond acceptors (Lipinski definition) is 0. The highest BCUT2D eigenvalue weighted by Crippen LogP contribution is 2.25. The van der Waals surface area contributed by atoms with Crippen LogP contribution in [0.2, 0.25) is 0 Å². The molecule has 1 aromatic heterocycles. The summed E-state index contributed by atoms with van der Waals surface area (Å²) < 4.78 is 2.57. The molecule has 0 radical (unpaired) electrons. The van der Waals surface area contributed by atoms with E-state index in [1.54, 1.807) is 0 Å². The van der Waals surface area contributed by atoms with E-state index in [2.05, 4.69) is 49.6 Å². The first-order valence-electron chi connectivity index (χ1n) is 13.3. The molecule has 0 aliphatic carbocycles. The van der Waals surface area contributed by atoms with Gasteiger partial charge in [-0.05, 0) is 32.6 Å². The average molecular weight is 406 g/mol. The highest BCUT2D eigenvalue weighted by atomic mass is 15.1. The van der Waals surface area contributed by atoms with Crippen LogP contribution < -0.4 is 4.57 Å². The van der Waals surface area contributed by atoms with E-state index >= 15 is 0 Å². The van der Waals surface area contributed by atoms with Crippen molar-refractivity contribution < 1.29 is 4.57 Å². The monoisotopic (exact) mass is 405 g/mol. The van der Waals surface area contributed by atoms with Crippen molar-refractivity contribution in [2.45, 2.75) is 155 Å². The van der Waals surface area contributed by atoms with Crippen LogP contribution in [-0.2, 0) is 0 Å². The molecule has 0 aromatic carbocycles. The summed E-state index contributed by atoms with van der Waals surface area (Å²) in [6, 6.07) is 0.625. The SMILES string of the molecule is CCCCCCCCCCCC(C)[n+]1cc[nH]c1C(CCC)CCCCCCC. The predicted molar refractivity (Wildman–Crippen MR) is 129 cm³/mol. The third kappa shape index (κ3) is 11.8. The highest BCUT2D eigenvalue weighted by Gasteiger charge is 2.24. The lowest BCUT2D eigenvalue weighted by molar-refractivity contribution is -0.727. The molecule has 0 spiro atoms. The maximum absolute atomic E-state index is 3.62. The quantitative estimate of drug-likeness (QED) is 0.165. The Morgan fingerprint density at radius 3 is 1.72 bits per heavy atom. The lowest BCUT2D eigenvalue weighted by Gasteiger charge is -2.16. The molecule has 0 saturated heterocycles. The van der Waals surface area contributed by atoms with Gasteiger partial charge in [0.15, 0.2) is 0 Å². The molecule has 0 aliphatic rings. The summed E-state index contributed by atoms with van der Waals surface area (Å²) in [6.45, 7) is 9.36. The smallest absolute Gasteiger partial charge is 0.247 e. The fourth-order valence-corrected chi connectivity index (χ4v) is 4.72. The van der Waals surface area contributed by atoms with Crippen molar-refractivity contribution >= 4 is 0 Å². The Hall–Kier alpha value is -0.790. The van der Waals surface area contributed by atoms with Crippen molar-refractivity contribution in [3.8, 4) is 0 Å². The largest absolute Gasteiger partial charge is 0.257 e. The molecule has 2 atom stereocenters. The molecule has 29 heavy (non-hydrogen) atoms. The molecule has 2 nitrogen and oxygen atoms in total. The van der Waals surface area contributed by atoms with Gasteiger partial charge in [-0.1, -0.05) is 111 Å². The van der Waals surface area contributed by atoms with E-state index in [1.165, 1.54) is 121 Å². The molecule has 0 fully saturated rings. The molecule has 2 unspecified atom stereocenters. The minimum Gasteiger partial charge on any atom is -0.247 e. The molecule has 1 aromatic rings. The maximum atomic E-state index is 3.62. The average Bonchev–Trinajstić information content (AvgIpc) is 3.21. The lowest BCUT2D eigenvalue weighted by atomic mass is 9.94. The van der Waals surface area contributed by atoms with E-state index in [-0.39, 0.29) is 0 Å². The zero-order chi connectivity index (χ0) is 21.2. The van der Waals surface area contributed by atoms with Gasteiger partial charge in [0.1, 0.15) is 12.4 Å². The first-order chi connectivity index (χ1) is 14.2. The molecule has 1 rings (SSSR count). The number of hydrogen-bond donors (Lipinski definition) is 1. The first-order valence-corrected chi connectivity index (χ1v) is 13.3. The van der Waals surface area contributed by atoms with Crippen LogP contribution in [0.5, 0.6) is 0 Å². The molecule has 1 heterocycles. The number of aromatic amines is 1. The number of H-pyrrole nitrogens is 1. The Kier molecular flexibility index (Phi) is 16.3. The van der Waals surface area contributed by atoms with E-state index in [1.807, 2.05) is 0 Å². The van der Waals surface area contributed by atoms with Gasteiger partial charge in [-0.25, -0.2) is 9.55 Å². The maximum Gasteiger partial charge on any atom is 0.257 e. The van der Waals surface area contributed by atoms with E-state index in [0.717, 1.165) is 0 Å². The summed E-state index contributed by atoms with van der Waals surface area (Å²) in [7, 11) is 0. The first kappa shape index (κ1) is 26.2. The highest BCUT2D eigenvalue weighted by molar-refractivity contribution is 4.90. The second-order valence-corrected chi connectivity index (χ2v) is 9.41. The summed E-state index contributed by atoms with van der Waals surface area (Å²) in [5.41, 5.74) is 0. The second-order valence-electron chi connectivity index (χ2n) is 9.41. The predicted octanol–water partition coefficient (Wildman–Crippen LogP) is 9.03. The third-order valence-corrected chi connectivity index (χ3v) is 6.62. The van der Waals surface area contributed by atoms with Gasteiger partial charge in [0.2, 0.25) is 0 Å². The van der Waals surface area contributed by atoms with Crippen molar-refractivity contribution in [1.82, 2.24) is 4.98 Å². The number of imidazole rings is 1. The number of unbranched alkanes of at least 4 members (excludes halogenated alkanes) is 12. The topological polar surface area (TPSA) is 19.7 Å². The molecule has 170 valence electrons. The zero-order valence-corrected chi connectivity index (χ0v) is 20.5. The van der Waals surface area contributed by atoms with E-state index in [4.69, 9.17) is 0 Å². The van der Waals surface area contributed by atoms with E-state index < -0.39 is 0 Å². The Morgan fingerprint density at radius 2 is 1.17 bits per heavy atom. The summed E-state index contributed by atoms with van der Waals surface area (Å²) in [4.78, 5) is 3.62. The molecular formula is C27H53N2+. The van der Waals surface area contributed by atoms with Crippen LogP contribution in [-0.4, -0.2) is 4.98 Å². The summed E-state index contributed by atoms with van der Waals surface area (Å²) in [6.07, 6.45) is 29.5. The standard InChI is InChI=1S/C27H52N2/c1-5-8-10-12-13-14-15-17-18-21-25(4)29-24-23-28-27(29)26(20-7-3)22-19-16-11-9-6-2/h23-26H,5-22H2,1-4H3/p+1. The minimum absolute atomic E-state index is 0.625. The van der Waals surface area contributed by atoms with Gasteiger partial charge in [0.25, 0.3) is 5.82 Å². The fraction of sp³-hybridized carbons (Fsp3) is 0.889. The van der Waals surface area contributed by atoms with Gasteiger partial charge >= 0.3 is 0 Å².